The maximum absolute atomic E-state index is 12.4. The summed E-state index contributed by atoms with van der Waals surface area (Å²) in [4.78, 5) is 26.1. The van der Waals surface area contributed by atoms with Crippen LogP contribution in [0.25, 0.3) is 0 Å². The summed E-state index contributed by atoms with van der Waals surface area (Å²) in [7, 11) is 0. The number of hydrogen-bond donors (Lipinski definition) is 2. The van der Waals surface area contributed by atoms with Crippen molar-refractivity contribution in [1.29, 1.82) is 0 Å². The Morgan fingerprint density at radius 3 is 2.48 bits per heavy atom. The van der Waals surface area contributed by atoms with Crippen molar-refractivity contribution in [3.63, 3.8) is 0 Å². The molecule has 23 heavy (non-hydrogen) atoms. The standard InChI is InChI=1S/C17H23N3O2.ClH/c1-11-8-15(11)16(21)19-14-4-2-13(3-5-14)17(22)20-7-6-12(9-18)10-20;/h2-5,11-12,15H,6-10,18H2,1H3,(H,19,21);1H. The molecule has 1 saturated heterocycles. The third kappa shape index (κ3) is 4.03. The fourth-order valence-electron chi connectivity index (χ4n) is 3.01. The summed E-state index contributed by atoms with van der Waals surface area (Å²) in [6.45, 7) is 4.23. The zero-order valence-corrected chi connectivity index (χ0v) is 14.1. The molecule has 2 aliphatic rings. The van der Waals surface area contributed by atoms with Crippen molar-refractivity contribution in [3.8, 4) is 0 Å². The largest absolute Gasteiger partial charge is 0.338 e. The van der Waals surface area contributed by atoms with Gasteiger partial charge in [-0.3, -0.25) is 9.59 Å². The Hall–Kier alpha value is -1.59. The van der Waals surface area contributed by atoms with Gasteiger partial charge in [0.05, 0.1) is 0 Å². The Bertz CT molecular complexity index is 576. The molecule has 3 rings (SSSR count). The SMILES string of the molecule is CC1CC1C(=O)Nc1ccc(C(=O)N2CCC(CN)C2)cc1.Cl. The first-order valence-corrected chi connectivity index (χ1v) is 7.98. The van der Waals surface area contributed by atoms with Crippen molar-refractivity contribution in [2.45, 2.75) is 19.8 Å². The van der Waals surface area contributed by atoms with Crippen LogP contribution in [0.4, 0.5) is 5.69 Å². The van der Waals surface area contributed by atoms with Crippen molar-refractivity contribution in [2.24, 2.45) is 23.5 Å². The fraction of sp³-hybridized carbons (Fsp3) is 0.529. The van der Waals surface area contributed by atoms with Crippen LogP contribution in [0.1, 0.15) is 30.1 Å². The van der Waals surface area contributed by atoms with Gasteiger partial charge < -0.3 is 16.0 Å². The number of likely N-dealkylation sites (tertiary alicyclic amines) is 1. The van der Waals surface area contributed by atoms with E-state index in [4.69, 9.17) is 5.73 Å². The number of benzene rings is 1. The van der Waals surface area contributed by atoms with E-state index in [1.54, 1.807) is 24.3 Å². The van der Waals surface area contributed by atoms with Crippen LogP contribution in [0.15, 0.2) is 24.3 Å². The molecule has 1 aromatic carbocycles. The number of hydrogen-bond acceptors (Lipinski definition) is 3. The zero-order valence-electron chi connectivity index (χ0n) is 13.3. The number of anilines is 1. The van der Waals surface area contributed by atoms with Gasteiger partial charge in [-0.1, -0.05) is 6.92 Å². The molecule has 3 N–H and O–H groups in total. The second-order valence-electron chi connectivity index (χ2n) is 6.53. The maximum Gasteiger partial charge on any atom is 0.253 e. The van der Waals surface area contributed by atoms with Crippen molar-refractivity contribution in [3.05, 3.63) is 29.8 Å². The molecule has 1 aliphatic heterocycles. The predicted octanol–water partition coefficient (Wildman–Crippen LogP) is 2.12. The van der Waals surface area contributed by atoms with Crippen LogP contribution in [0.2, 0.25) is 0 Å². The number of carbonyl (C=O) groups is 2. The van der Waals surface area contributed by atoms with E-state index in [9.17, 15) is 9.59 Å². The minimum atomic E-state index is 0. The van der Waals surface area contributed by atoms with Gasteiger partial charge in [-0.25, -0.2) is 0 Å². The maximum atomic E-state index is 12.4. The molecule has 2 amide bonds. The second kappa shape index (κ2) is 7.32. The molecule has 1 aliphatic carbocycles. The minimum absolute atomic E-state index is 0. The quantitative estimate of drug-likeness (QED) is 0.883. The van der Waals surface area contributed by atoms with Crippen LogP contribution in [-0.4, -0.2) is 36.3 Å². The Balaban J connectivity index is 0.00000192. The first-order valence-electron chi connectivity index (χ1n) is 7.98. The summed E-state index contributed by atoms with van der Waals surface area (Å²) < 4.78 is 0. The number of nitrogens with two attached hydrogens (primary N) is 1. The van der Waals surface area contributed by atoms with E-state index in [1.165, 1.54) is 0 Å². The third-order valence-electron chi connectivity index (χ3n) is 4.75. The summed E-state index contributed by atoms with van der Waals surface area (Å²) in [5, 5.41) is 2.91. The molecule has 1 aromatic rings. The molecular weight excluding hydrogens is 314 g/mol. The van der Waals surface area contributed by atoms with Gasteiger partial charge in [-0.15, -0.1) is 12.4 Å². The average Bonchev–Trinajstić information content (AvgIpc) is 3.08. The van der Waals surface area contributed by atoms with Crippen molar-refractivity contribution in [1.82, 2.24) is 4.90 Å². The molecule has 0 spiro atoms. The number of nitrogens with one attached hydrogen (secondary N) is 1. The Morgan fingerprint density at radius 1 is 1.30 bits per heavy atom. The Morgan fingerprint density at radius 2 is 1.96 bits per heavy atom. The van der Waals surface area contributed by atoms with E-state index in [0.29, 0.717) is 23.9 Å². The highest BCUT2D eigenvalue weighted by Gasteiger charge is 2.39. The van der Waals surface area contributed by atoms with E-state index < -0.39 is 0 Å². The van der Waals surface area contributed by atoms with Gasteiger partial charge in [0.2, 0.25) is 5.91 Å². The number of halogens is 1. The van der Waals surface area contributed by atoms with Gasteiger partial charge >= 0.3 is 0 Å². The van der Waals surface area contributed by atoms with Gasteiger partial charge in [0.15, 0.2) is 0 Å². The lowest BCUT2D eigenvalue weighted by atomic mass is 10.1. The first kappa shape index (κ1) is 17.8. The van der Waals surface area contributed by atoms with Crippen LogP contribution in [0, 0.1) is 17.8 Å². The van der Waals surface area contributed by atoms with E-state index in [-0.39, 0.29) is 30.1 Å². The molecule has 0 bridgehead atoms. The highest BCUT2D eigenvalue weighted by Crippen LogP contribution is 2.38. The first-order chi connectivity index (χ1) is 10.6. The summed E-state index contributed by atoms with van der Waals surface area (Å²) in [6, 6.07) is 7.16. The lowest BCUT2D eigenvalue weighted by molar-refractivity contribution is -0.117. The highest BCUT2D eigenvalue weighted by atomic mass is 35.5. The van der Waals surface area contributed by atoms with Crippen molar-refractivity contribution in [2.75, 3.05) is 25.0 Å². The molecule has 3 atom stereocenters. The second-order valence-corrected chi connectivity index (χ2v) is 6.53. The summed E-state index contributed by atoms with van der Waals surface area (Å²) in [5.41, 5.74) is 7.08. The van der Waals surface area contributed by atoms with E-state index in [2.05, 4.69) is 12.2 Å². The Kier molecular flexibility index (Phi) is 5.65. The number of amides is 2. The summed E-state index contributed by atoms with van der Waals surface area (Å²) in [5.74, 6) is 1.19. The zero-order chi connectivity index (χ0) is 15.7. The molecule has 0 radical (unpaired) electrons. The van der Waals surface area contributed by atoms with Crippen LogP contribution in [0.3, 0.4) is 0 Å². The van der Waals surface area contributed by atoms with Crippen LogP contribution in [0.5, 0.6) is 0 Å². The van der Waals surface area contributed by atoms with Crippen LogP contribution in [-0.2, 0) is 4.79 Å². The predicted molar refractivity (Wildman–Crippen MR) is 92.7 cm³/mol. The van der Waals surface area contributed by atoms with Crippen LogP contribution < -0.4 is 11.1 Å². The minimum Gasteiger partial charge on any atom is -0.338 e. The lowest BCUT2D eigenvalue weighted by Gasteiger charge is -2.16. The van der Waals surface area contributed by atoms with E-state index in [0.717, 1.165) is 31.6 Å². The molecule has 126 valence electrons. The molecule has 6 heteroatoms. The number of nitrogens with zero attached hydrogens (tertiary/aromatic N) is 1. The molecular formula is C17H24ClN3O2. The topological polar surface area (TPSA) is 75.4 Å². The average molecular weight is 338 g/mol. The molecule has 0 aromatic heterocycles. The monoisotopic (exact) mass is 337 g/mol. The fourth-order valence-corrected chi connectivity index (χ4v) is 3.01. The van der Waals surface area contributed by atoms with Crippen LogP contribution >= 0.6 is 12.4 Å². The van der Waals surface area contributed by atoms with Crippen molar-refractivity contribution >= 4 is 29.9 Å². The number of carbonyl (C=O) groups excluding carboxylic acids is 2. The van der Waals surface area contributed by atoms with E-state index in [1.807, 2.05) is 4.90 Å². The van der Waals surface area contributed by atoms with Gasteiger partial charge in [-0.05, 0) is 55.5 Å². The highest BCUT2D eigenvalue weighted by molar-refractivity contribution is 5.97. The summed E-state index contributed by atoms with van der Waals surface area (Å²) in [6.07, 6.45) is 1.95. The number of rotatable bonds is 4. The molecule has 1 saturated carbocycles. The molecule has 1 heterocycles. The molecule has 5 nitrogen and oxygen atoms in total. The van der Waals surface area contributed by atoms with Gasteiger partial charge in [0, 0.05) is 30.3 Å². The van der Waals surface area contributed by atoms with Gasteiger partial charge in [0.25, 0.3) is 5.91 Å². The third-order valence-corrected chi connectivity index (χ3v) is 4.75. The lowest BCUT2D eigenvalue weighted by Crippen LogP contribution is -2.29. The molecule has 2 fully saturated rings. The smallest absolute Gasteiger partial charge is 0.253 e. The summed E-state index contributed by atoms with van der Waals surface area (Å²) >= 11 is 0. The van der Waals surface area contributed by atoms with E-state index >= 15 is 0 Å². The van der Waals surface area contributed by atoms with Gasteiger partial charge in [0.1, 0.15) is 0 Å². The van der Waals surface area contributed by atoms with Gasteiger partial charge in [-0.2, -0.15) is 0 Å². The normalized spacial score (nSPS) is 25.7. The Labute approximate surface area is 143 Å². The molecule has 3 unspecified atom stereocenters. The van der Waals surface area contributed by atoms with Crippen molar-refractivity contribution < 1.29 is 9.59 Å².